The van der Waals surface area contributed by atoms with Crippen LogP contribution in [0.15, 0.2) is 30.3 Å². The summed E-state index contributed by atoms with van der Waals surface area (Å²) >= 11 is 0. The minimum atomic E-state index is 0.322. The Morgan fingerprint density at radius 3 is 2.41 bits per heavy atom. The van der Waals surface area contributed by atoms with E-state index in [2.05, 4.69) is 5.32 Å². The molecule has 1 N–H and O–H groups in total. The van der Waals surface area contributed by atoms with E-state index in [1.54, 1.807) is 0 Å². The fourth-order valence-corrected chi connectivity index (χ4v) is 2.60. The molecule has 0 heterocycles. The smallest absolute Gasteiger partial charge is 0.119 e. The van der Waals surface area contributed by atoms with Crippen molar-refractivity contribution < 1.29 is 4.74 Å². The van der Waals surface area contributed by atoms with Gasteiger partial charge in [0.2, 0.25) is 0 Å². The van der Waals surface area contributed by atoms with Crippen LogP contribution in [0.4, 0.5) is 0 Å². The van der Waals surface area contributed by atoms with Gasteiger partial charge >= 0.3 is 0 Å². The van der Waals surface area contributed by atoms with Gasteiger partial charge in [-0.1, -0.05) is 37.5 Å². The number of hydrogen-bond acceptors (Lipinski definition) is 2. The summed E-state index contributed by atoms with van der Waals surface area (Å²) in [6.07, 6.45) is 8.05. The Balaban J connectivity index is 1.99. The predicted octanol–water partition coefficient (Wildman–Crippen LogP) is 3.38. The Labute approximate surface area is 104 Å². The fourth-order valence-electron chi connectivity index (χ4n) is 2.60. The molecule has 0 aliphatic heterocycles. The van der Waals surface area contributed by atoms with Crippen LogP contribution in [0, 0.1) is 0 Å². The lowest BCUT2D eigenvalue weighted by Gasteiger charge is -2.29. The van der Waals surface area contributed by atoms with Crippen molar-refractivity contribution in [1.82, 2.24) is 5.32 Å². The van der Waals surface area contributed by atoms with Crippen molar-refractivity contribution >= 4 is 0 Å². The largest absolute Gasteiger partial charge is 0.489 e. The van der Waals surface area contributed by atoms with Gasteiger partial charge in [-0.2, -0.15) is 0 Å². The van der Waals surface area contributed by atoms with E-state index < -0.39 is 0 Å². The number of ether oxygens (including phenoxy) is 1. The molecule has 0 bridgehead atoms. The molecule has 17 heavy (non-hydrogen) atoms. The zero-order valence-corrected chi connectivity index (χ0v) is 10.7. The first-order valence-corrected chi connectivity index (χ1v) is 6.79. The number of para-hydroxylation sites is 1. The van der Waals surface area contributed by atoms with Crippen LogP contribution in [0.25, 0.3) is 0 Å². The maximum Gasteiger partial charge on any atom is 0.119 e. The van der Waals surface area contributed by atoms with Crippen LogP contribution in [-0.4, -0.2) is 19.2 Å². The second kappa shape index (κ2) is 6.65. The SMILES string of the molecule is CNC1CCCCCCC1Oc1ccccc1. The van der Waals surface area contributed by atoms with Gasteiger partial charge < -0.3 is 10.1 Å². The first-order chi connectivity index (χ1) is 8.40. The summed E-state index contributed by atoms with van der Waals surface area (Å²) in [6, 6.07) is 10.7. The van der Waals surface area contributed by atoms with Gasteiger partial charge in [0.15, 0.2) is 0 Å². The van der Waals surface area contributed by atoms with Gasteiger partial charge in [0.25, 0.3) is 0 Å². The van der Waals surface area contributed by atoms with Gasteiger partial charge in [0.05, 0.1) is 0 Å². The van der Waals surface area contributed by atoms with E-state index in [0.29, 0.717) is 12.1 Å². The monoisotopic (exact) mass is 233 g/mol. The summed E-state index contributed by atoms with van der Waals surface area (Å²) < 4.78 is 6.13. The third-order valence-corrected chi connectivity index (χ3v) is 3.60. The lowest BCUT2D eigenvalue weighted by molar-refractivity contribution is 0.131. The van der Waals surface area contributed by atoms with Crippen molar-refractivity contribution in [2.45, 2.75) is 50.7 Å². The molecule has 0 aromatic heterocycles. The van der Waals surface area contributed by atoms with E-state index in [1.807, 2.05) is 37.4 Å². The van der Waals surface area contributed by atoms with E-state index in [-0.39, 0.29) is 0 Å². The Bertz CT molecular complexity index is 312. The van der Waals surface area contributed by atoms with Crippen LogP contribution in [0.5, 0.6) is 5.75 Å². The van der Waals surface area contributed by atoms with Crippen LogP contribution >= 0.6 is 0 Å². The quantitative estimate of drug-likeness (QED) is 0.864. The lowest BCUT2D eigenvalue weighted by Crippen LogP contribution is -2.41. The van der Waals surface area contributed by atoms with Crippen LogP contribution in [0.3, 0.4) is 0 Å². The van der Waals surface area contributed by atoms with E-state index in [4.69, 9.17) is 4.74 Å². The normalized spacial score (nSPS) is 25.9. The van der Waals surface area contributed by atoms with Crippen LogP contribution in [0.2, 0.25) is 0 Å². The number of nitrogens with one attached hydrogen (secondary N) is 1. The number of rotatable bonds is 3. The number of hydrogen-bond donors (Lipinski definition) is 1. The molecule has 0 saturated heterocycles. The highest BCUT2D eigenvalue weighted by molar-refractivity contribution is 5.21. The lowest BCUT2D eigenvalue weighted by atomic mass is 9.94. The molecule has 1 saturated carbocycles. The van der Waals surface area contributed by atoms with E-state index >= 15 is 0 Å². The molecular weight excluding hydrogens is 210 g/mol. The number of benzene rings is 1. The Kier molecular flexibility index (Phi) is 4.87. The van der Waals surface area contributed by atoms with E-state index in [9.17, 15) is 0 Å². The summed E-state index contributed by atoms with van der Waals surface area (Å²) in [4.78, 5) is 0. The first-order valence-electron chi connectivity index (χ1n) is 6.79. The zero-order valence-electron chi connectivity index (χ0n) is 10.7. The molecule has 1 aliphatic rings. The predicted molar refractivity (Wildman–Crippen MR) is 71.4 cm³/mol. The summed E-state index contributed by atoms with van der Waals surface area (Å²) in [5, 5.41) is 3.42. The molecule has 2 heteroatoms. The van der Waals surface area contributed by atoms with Crippen LogP contribution in [-0.2, 0) is 0 Å². The van der Waals surface area contributed by atoms with Crippen LogP contribution in [0.1, 0.15) is 38.5 Å². The molecular formula is C15H23NO. The standard InChI is InChI=1S/C15H23NO/c1-16-14-11-7-2-3-8-12-15(14)17-13-9-5-4-6-10-13/h4-6,9-10,14-16H,2-3,7-8,11-12H2,1H3. The van der Waals surface area contributed by atoms with Gasteiger partial charge in [-0.05, 0) is 38.4 Å². The Morgan fingerprint density at radius 1 is 1.00 bits per heavy atom. The molecule has 1 aliphatic carbocycles. The van der Waals surface area contributed by atoms with E-state index in [0.717, 1.165) is 5.75 Å². The Hall–Kier alpha value is -1.02. The third-order valence-electron chi connectivity index (χ3n) is 3.60. The van der Waals surface area contributed by atoms with Crippen molar-refractivity contribution in [2.75, 3.05) is 7.05 Å². The molecule has 2 unspecified atom stereocenters. The first kappa shape index (κ1) is 12.4. The third kappa shape index (κ3) is 3.74. The minimum Gasteiger partial charge on any atom is -0.489 e. The average molecular weight is 233 g/mol. The summed E-state index contributed by atoms with van der Waals surface area (Å²) in [6.45, 7) is 0. The molecule has 2 atom stereocenters. The maximum absolute atomic E-state index is 6.13. The van der Waals surface area contributed by atoms with Crippen LogP contribution < -0.4 is 10.1 Å². The second-order valence-corrected chi connectivity index (χ2v) is 4.86. The van der Waals surface area contributed by atoms with Crippen molar-refractivity contribution in [1.29, 1.82) is 0 Å². The van der Waals surface area contributed by atoms with Gasteiger partial charge in [-0.25, -0.2) is 0 Å². The summed E-state index contributed by atoms with van der Waals surface area (Å²) in [7, 11) is 2.05. The minimum absolute atomic E-state index is 0.322. The van der Waals surface area contributed by atoms with Gasteiger partial charge in [-0.15, -0.1) is 0 Å². The molecule has 1 aromatic rings. The summed E-state index contributed by atoms with van der Waals surface area (Å²) in [5.41, 5.74) is 0. The highest BCUT2D eigenvalue weighted by atomic mass is 16.5. The van der Waals surface area contributed by atoms with Crippen molar-refractivity contribution in [2.24, 2.45) is 0 Å². The molecule has 0 amide bonds. The second-order valence-electron chi connectivity index (χ2n) is 4.86. The fraction of sp³-hybridized carbons (Fsp3) is 0.600. The molecule has 1 aromatic carbocycles. The number of likely N-dealkylation sites (N-methyl/N-ethyl adjacent to an activating group) is 1. The molecule has 2 rings (SSSR count). The van der Waals surface area contributed by atoms with Gasteiger partial charge in [-0.3, -0.25) is 0 Å². The molecule has 1 fully saturated rings. The highest BCUT2D eigenvalue weighted by Crippen LogP contribution is 2.22. The highest BCUT2D eigenvalue weighted by Gasteiger charge is 2.22. The van der Waals surface area contributed by atoms with Crippen molar-refractivity contribution in [3.05, 3.63) is 30.3 Å². The maximum atomic E-state index is 6.13. The summed E-state index contributed by atoms with van der Waals surface area (Å²) in [5.74, 6) is 0.998. The van der Waals surface area contributed by atoms with Gasteiger partial charge in [0.1, 0.15) is 11.9 Å². The van der Waals surface area contributed by atoms with Gasteiger partial charge in [0, 0.05) is 6.04 Å². The van der Waals surface area contributed by atoms with Crippen molar-refractivity contribution in [3.8, 4) is 5.75 Å². The zero-order chi connectivity index (χ0) is 11.9. The molecule has 94 valence electrons. The topological polar surface area (TPSA) is 21.3 Å². The molecule has 0 spiro atoms. The van der Waals surface area contributed by atoms with E-state index in [1.165, 1.54) is 38.5 Å². The molecule has 0 radical (unpaired) electrons. The average Bonchev–Trinajstić information content (AvgIpc) is 2.34. The Morgan fingerprint density at radius 2 is 1.71 bits per heavy atom. The molecule has 2 nitrogen and oxygen atoms in total. The van der Waals surface area contributed by atoms with Crippen molar-refractivity contribution in [3.63, 3.8) is 0 Å².